The molecule has 0 saturated heterocycles. The molecule has 2 fully saturated rings. The molecule has 0 radical (unpaired) electrons. The predicted octanol–water partition coefficient (Wildman–Crippen LogP) is 6.35. The molecule has 0 N–H and O–H groups in total. The monoisotopic (exact) mass is 342 g/mol. The van der Waals surface area contributed by atoms with Gasteiger partial charge in [0.2, 0.25) is 0 Å². The van der Waals surface area contributed by atoms with E-state index in [2.05, 4.69) is 46.8 Å². The molecule has 1 atom stereocenters. The van der Waals surface area contributed by atoms with E-state index in [1.807, 2.05) is 12.1 Å². The minimum atomic E-state index is -0.179. The number of hydrogen-bond donors (Lipinski definition) is 0. The summed E-state index contributed by atoms with van der Waals surface area (Å²) in [5.41, 5.74) is 1.30. The molecule has 2 saturated carbocycles. The van der Waals surface area contributed by atoms with Crippen LogP contribution in [0.4, 0.5) is 0 Å². The summed E-state index contributed by atoms with van der Waals surface area (Å²) in [5, 5.41) is 0. The standard InChI is InChI=1S/C23H34O2/c1-16(2)13-20(22(3,4)5)18-7-6-8-19(14-18)25-21(24)23-11-9-17(15-23)10-12-23/h6-8,14,16-17,20H,9-13,15H2,1-5H3. The Morgan fingerprint density at radius 1 is 1.24 bits per heavy atom. The number of esters is 1. The summed E-state index contributed by atoms with van der Waals surface area (Å²) < 4.78 is 5.89. The summed E-state index contributed by atoms with van der Waals surface area (Å²) in [6, 6.07) is 8.28. The molecule has 2 aliphatic carbocycles. The molecule has 1 unspecified atom stereocenters. The first-order chi connectivity index (χ1) is 11.7. The number of rotatable bonds is 5. The van der Waals surface area contributed by atoms with E-state index in [1.165, 1.54) is 18.4 Å². The molecule has 2 bridgehead atoms. The van der Waals surface area contributed by atoms with Crippen LogP contribution in [0.25, 0.3) is 0 Å². The van der Waals surface area contributed by atoms with Crippen molar-refractivity contribution in [3.63, 3.8) is 0 Å². The van der Waals surface area contributed by atoms with Crippen molar-refractivity contribution >= 4 is 5.97 Å². The number of hydrogen-bond acceptors (Lipinski definition) is 2. The number of benzene rings is 1. The third-order valence-electron chi connectivity index (χ3n) is 6.40. The minimum absolute atomic E-state index is 0.0146. The van der Waals surface area contributed by atoms with Crippen molar-refractivity contribution in [3.05, 3.63) is 29.8 Å². The lowest BCUT2D eigenvalue weighted by Gasteiger charge is -2.33. The summed E-state index contributed by atoms with van der Waals surface area (Å²) >= 11 is 0. The van der Waals surface area contributed by atoms with Gasteiger partial charge in [-0.3, -0.25) is 4.79 Å². The molecule has 2 aliphatic rings. The van der Waals surface area contributed by atoms with Crippen molar-refractivity contribution in [3.8, 4) is 5.75 Å². The van der Waals surface area contributed by atoms with E-state index in [-0.39, 0.29) is 16.8 Å². The van der Waals surface area contributed by atoms with Gasteiger partial charge in [0.15, 0.2) is 0 Å². The number of carbonyl (C=O) groups excluding carboxylic acids is 1. The Kier molecular flexibility index (Phi) is 5.01. The minimum Gasteiger partial charge on any atom is -0.426 e. The fourth-order valence-electron chi connectivity index (χ4n) is 4.95. The topological polar surface area (TPSA) is 26.3 Å². The Hall–Kier alpha value is -1.31. The zero-order valence-electron chi connectivity index (χ0n) is 16.6. The maximum Gasteiger partial charge on any atom is 0.317 e. The molecule has 3 rings (SSSR count). The van der Waals surface area contributed by atoms with Crippen molar-refractivity contribution in [2.24, 2.45) is 22.7 Å². The average Bonchev–Trinajstić information content (AvgIpc) is 3.14. The smallest absolute Gasteiger partial charge is 0.317 e. The molecular formula is C23H34O2. The lowest BCUT2D eigenvalue weighted by Crippen LogP contribution is -2.30. The highest BCUT2D eigenvalue weighted by Crippen LogP contribution is 2.54. The van der Waals surface area contributed by atoms with Gasteiger partial charge >= 0.3 is 5.97 Å². The summed E-state index contributed by atoms with van der Waals surface area (Å²) in [6.45, 7) is 11.5. The maximum atomic E-state index is 12.8. The van der Waals surface area contributed by atoms with Crippen molar-refractivity contribution in [1.82, 2.24) is 0 Å². The first kappa shape index (κ1) is 18.5. The Labute approximate surface area is 153 Å². The largest absolute Gasteiger partial charge is 0.426 e. The van der Waals surface area contributed by atoms with E-state index in [4.69, 9.17) is 4.74 Å². The molecule has 0 spiro atoms. The highest BCUT2D eigenvalue weighted by Gasteiger charge is 2.51. The van der Waals surface area contributed by atoms with Crippen LogP contribution in [0.1, 0.15) is 84.6 Å². The lowest BCUT2D eigenvalue weighted by atomic mass is 9.72. The van der Waals surface area contributed by atoms with Crippen LogP contribution in [0.15, 0.2) is 24.3 Å². The molecule has 138 valence electrons. The van der Waals surface area contributed by atoms with Crippen molar-refractivity contribution in [2.75, 3.05) is 0 Å². The molecule has 0 heterocycles. The van der Waals surface area contributed by atoms with Crippen LogP contribution >= 0.6 is 0 Å². The second-order valence-electron chi connectivity index (χ2n) is 9.94. The molecule has 2 heteroatoms. The van der Waals surface area contributed by atoms with Crippen molar-refractivity contribution < 1.29 is 9.53 Å². The third kappa shape index (κ3) is 3.93. The quantitative estimate of drug-likeness (QED) is 0.460. The summed E-state index contributed by atoms with van der Waals surface area (Å²) in [7, 11) is 0. The zero-order valence-corrected chi connectivity index (χ0v) is 16.6. The van der Waals surface area contributed by atoms with Gasteiger partial charge in [-0.2, -0.15) is 0 Å². The Bertz CT molecular complexity index is 615. The number of fused-ring (bicyclic) bond motifs is 2. The maximum absolute atomic E-state index is 12.8. The lowest BCUT2D eigenvalue weighted by molar-refractivity contribution is -0.145. The summed E-state index contributed by atoms with van der Waals surface area (Å²) in [4.78, 5) is 12.8. The van der Waals surface area contributed by atoms with Crippen LogP contribution in [-0.4, -0.2) is 5.97 Å². The summed E-state index contributed by atoms with van der Waals surface area (Å²) in [6.07, 6.45) is 6.64. The molecule has 0 aliphatic heterocycles. The first-order valence-electron chi connectivity index (χ1n) is 10.0. The second kappa shape index (κ2) is 6.78. The van der Waals surface area contributed by atoms with Crippen LogP contribution in [0.3, 0.4) is 0 Å². The fourth-order valence-corrected chi connectivity index (χ4v) is 4.95. The normalized spacial score (nSPS) is 26.9. The Morgan fingerprint density at radius 3 is 2.44 bits per heavy atom. The molecular weight excluding hydrogens is 308 g/mol. The van der Waals surface area contributed by atoms with Crippen LogP contribution in [-0.2, 0) is 4.79 Å². The number of ether oxygens (including phenoxy) is 1. The van der Waals surface area contributed by atoms with Gasteiger partial charge in [0, 0.05) is 0 Å². The average molecular weight is 343 g/mol. The van der Waals surface area contributed by atoms with Crippen LogP contribution in [0.5, 0.6) is 5.75 Å². The van der Waals surface area contributed by atoms with E-state index in [9.17, 15) is 4.79 Å². The predicted molar refractivity (Wildman–Crippen MR) is 103 cm³/mol. The molecule has 25 heavy (non-hydrogen) atoms. The van der Waals surface area contributed by atoms with E-state index in [1.54, 1.807) is 0 Å². The fraction of sp³-hybridized carbons (Fsp3) is 0.696. The van der Waals surface area contributed by atoms with Crippen LogP contribution in [0, 0.1) is 22.7 Å². The highest BCUT2D eigenvalue weighted by atomic mass is 16.5. The SMILES string of the molecule is CC(C)CC(c1cccc(OC(=O)C23CCC(CC2)C3)c1)C(C)(C)C. The summed E-state index contributed by atoms with van der Waals surface area (Å²) in [5.74, 6) is 2.61. The Morgan fingerprint density at radius 2 is 1.92 bits per heavy atom. The Balaban J connectivity index is 1.77. The molecule has 1 aromatic carbocycles. The molecule has 2 nitrogen and oxygen atoms in total. The van der Waals surface area contributed by atoms with Gasteiger partial charge in [0.1, 0.15) is 5.75 Å². The second-order valence-corrected chi connectivity index (χ2v) is 9.94. The van der Waals surface area contributed by atoms with Gasteiger partial charge in [-0.05, 0) is 79.4 Å². The molecule has 0 aromatic heterocycles. The van der Waals surface area contributed by atoms with Crippen LogP contribution < -0.4 is 4.74 Å². The first-order valence-corrected chi connectivity index (χ1v) is 10.0. The van der Waals surface area contributed by atoms with Gasteiger partial charge in [-0.25, -0.2) is 0 Å². The third-order valence-corrected chi connectivity index (χ3v) is 6.40. The van der Waals surface area contributed by atoms with E-state index < -0.39 is 0 Å². The van der Waals surface area contributed by atoms with E-state index in [0.29, 0.717) is 11.8 Å². The zero-order chi connectivity index (χ0) is 18.2. The molecule has 1 aromatic rings. The van der Waals surface area contributed by atoms with E-state index in [0.717, 1.165) is 37.4 Å². The van der Waals surface area contributed by atoms with Crippen molar-refractivity contribution in [1.29, 1.82) is 0 Å². The van der Waals surface area contributed by atoms with Crippen molar-refractivity contribution in [2.45, 2.75) is 79.1 Å². The number of carbonyl (C=O) groups is 1. The van der Waals surface area contributed by atoms with Gasteiger partial charge in [-0.15, -0.1) is 0 Å². The van der Waals surface area contributed by atoms with Crippen LogP contribution in [0.2, 0.25) is 0 Å². The molecule has 0 amide bonds. The van der Waals surface area contributed by atoms with Gasteiger partial charge in [-0.1, -0.05) is 46.8 Å². The highest BCUT2D eigenvalue weighted by molar-refractivity contribution is 5.80. The van der Waals surface area contributed by atoms with E-state index >= 15 is 0 Å². The van der Waals surface area contributed by atoms with Gasteiger partial charge in [0.05, 0.1) is 5.41 Å². The van der Waals surface area contributed by atoms with Gasteiger partial charge < -0.3 is 4.74 Å². The van der Waals surface area contributed by atoms with Gasteiger partial charge in [0.25, 0.3) is 0 Å².